The van der Waals surface area contributed by atoms with Crippen LogP contribution in [0.1, 0.15) is 18.4 Å². The third-order valence-corrected chi connectivity index (χ3v) is 4.35. The Kier molecular flexibility index (Phi) is 6.00. The van der Waals surface area contributed by atoms with Crippen LogP contribution < -0.4 is 11.3 Å². The average Bonchev–Trinajstić information content (AvgIpc) is 2.46. The number of hydrogen-bond donors (Lipinski definition) is 2. The van der Waals surface area contributed by atoms with Gasteiger partial charge in [0.05, 0.1) is 12.7 Å². The minimum atomic E-state index is 0.268. The van der Waals surface area contributed by atoms with Crippen LogP contribution >= 0.6 is 11.8 Å². The van der Waals surface area contributed by atoms with Crippen molar-refractivity contribution in [2.45, 2.75) is 31.4 Å². The minimum absolute atomic E-state index is 0.268. The van der Waals surface area contributed by atoms with Crippen molar-refractivity contribution < 1.29 is 4.74 Å². The molecule has 1 heterocycles. The second-order valence-electron chi connectivity index (χ2n) is 4.64. The Labute approximate surface area is 113 Å². The van der Waals surface area contributed by atoms with Crippen molar-refractivity contribution in [2.24, 2.45) is 5.84 Å². The highest BCUT2D eigenvalue weighted by Gasteiger charge is 2.23. The normalized spacial score (nSPS) is 21.7. The SMILES string of the molecule is NNC(CCCc1ccccc1)C1CSCCO1. The zero-order chi connectivity index (χ0) is 12.6. The Hall–Kier alpha value is -0.550. The third-order valence-electron chi connectivity index (χ3n) is 3.33. The smallest absolute Gasteiger partial charge is 0.0832 e. The van der Waals surface area contributed by atoms with Gasteiger partial charge in [0.15, 0.2) is 0 Å². The molecule has 100 valence electrons. The summed E-state index contributed by atoms with van der Waals surface area (Å²) in [7, 11) is 0. The van der Waals surface area contributed by atoms with E-state index in [1.54, 1.807) is 0 Å². The number of thioether (sulfide) groups is 1. The number of nitrogens with two attached hydrogens (primary N) is 1. The Balaban J connectivity index is 1.73. The summed E-state index contributed by atoms with van der Waals surface area (Å²) in [6.45, 7) is 0.853. The first-order chi connectivity index (χ1) is 8.90. The molecule has 0 radical (unpaired) electrons. The van der Waals surface area contributed by atoms with Crippen molar-refractivity contribution >= 4 is 11.8 Å². The number of hydrazine groups is 1. The molecule has 1 aromatic carbocycles. The van der Waals surface area contributed by atoms with E-state index in [-0.39, 0.29) is 12.1 Å². The summed E-state index contributed by atoms with van der Waals surface area (Å²) in [6.07, 6.45) is 3.59. The predicted molar refractivity (Wildman–Crippen MR) is 77.6 cm³/mol. The molecule has 2 unspecified atom stereocenters. The molecule has 0 spiro atoms. The van der Waals surface area contributed by atoms with Crippen LogP contribution in [0.25, 0.3) is 0 Å². The van der Waals surface area contributed by atoms with Crippen molar-refractivity contribution in [3.8, 4) is 0 Å². The summed E-state index contributed by atoms with van der Waals surface area (Å²) in [4.78, 5) is 0. The van der Waals surface area contributed by atoms with E-state index >= 15 is 0 Å². The molecule has 3 nitrogen and oxygen atoms in total. The Bertz CT molecular complexity index is 328. The molecule has 1 aromatic rings. The van der Waals surface area contributed by atoms with Crippen molar-refractivity contribution in [3.63, 3.8) is 0 Å². The number of rotatable bonds is 6. The lowest BCUT2D eigenvalue weighted by atomic mass is 10.0. The lowest BCUT2D eigenvalue weighted by Crippen LogP contribution is -2.47. The van der Waals surface area contributed by atoms with Crippen LogP contribution in [0.5, 0.6) is 0 Å². The average molecular weight is 266 g/mol. The van der Waals surface area contributed by atoms with Gasteiger partial charge in [0.25, 0.3) is 0 Å². The molecular weight excluding hydrogens is 244 g/mol. The fourth-order valence-electron chi connectivity index (χ4n) is 2.29. The van der Waals surface area contributed by atoms with E-state index in [2.05, 4.69) is 35.8 Å². The Morgan fingerprint density at radius 1 is 1.39 bits per heavy atom. The second kappa shape index (κ2) is 7.79. The summed E-state index contributed by atoms with van der Waals surface area (Å²) >= 11 is 1.96. The fraction of sp³-hybridized carbons (Fsp3) is 0.571. The third kappa shape index (κ3) is 4.28. The van der Waals surface area contributed by atoms with Crippen LogP contribution in [-0.2, 0) is 11.2 Å². The first kappa shape index (κ1) is 13.9. The molecule has 1 aliphatic rings. The maximum absolute atomic E-state index is 5.77. The van der Waals surface area contributed by atoms with Crippen LogP contribution in [0, 0.1) is 0 Å². The van der Waals surface area contributed by atoms with Gasteiger partial charge in [0, 0.05) is 17.5 Å². The van der Waals surface area contributed by atoms with E-state index < -0.39 is 0 Å². The molecular formula is C14H22N2OS. The first-order valence-electron chi connectivity index (χ1n) is 6.59. The summed E-state index contributed by atoms with van der Waals surface area (Å²) in [6, 6.07) is 10.9. The van der Waals surface area contributed by atoms with Crippen LogP contribution in [0.4, 0.5) is 0 Å². The summed E-state index contributed by atoms with van der Waals surface area (Å²) < 4.78 is 5.77. The highest BCUT2D eigenvalue weighted by atomic mass is 32.2. The Morgan fingerprint density at radius 2 is 2.22 bits per heavy atom. The van der Waals surface area contributed by atoms with Gasteiger partial charge in [-0.15, -0.1) is 0 Å². The number of ether oxygens (including phenoxy) is 1. The van der Waals surface area contributed by atoms with Crippen LogP contribution in [0.15, 0.2) is 30.3 Å². The standard InChI is InChI=1S/C14H22N2OS/c15-16-13(14-11-18-10-9-17-14)8-4-7-12-5-2-1-3-6-12/h1-3,5-6,13-14,16H,4,7-11,15H2. The molecule has 1 fully saturated rings. The molecule has 2 rings (SSSR count). The van der Waals surface area contributed by atoms with Gasteiger partial charge in [0.2, 0.25) is 0 Å². The first-order valence-corrected chi connectivity index (χ1v) is 7.75. The van der Waals surface area contributed by atoms with Crippen LogP contribution in [-0.4, -0.2) is 30.3 Å². The van der Waals surface area contributed by atoms with Crippen LogP contribution in [0.2, 0.25) is 0 Å². The molecule has 3 N–H and O–H groups in total. The number of benzene rings is 1. The molecule has 0 bridgehead atoms. The molecule has 0 amide bonds. The summed E-state index contributed by atoms with van der Waals surface area (Å²) in [5.74, 6) is 7.81. The van der Waals surface area contributed by atoms with E-state index in [4.69, 9.17) is 10.6 Å². The van der Waals surface area contributed by atoms with E-state index in [9.17, 15) is 0 Å². The van der Waals surface area contributed by atoms with Gasteiger partial charge >= 0.3 is 0 Å². The van der Waals surface area contributed by atoms with E-state index in [0.29, 0.717) is 0 Å². The van der Waals surface area contributed by atoms with Gasteiger partial charge in [-0.1, -0.05) is 30.3 Å². The number of hydrogen-bond acceptors (Lipinski definition) is 4. The van der Waals surface area contributed by atoms with Crippen molar-refractivity contribution in [2.75, 3.05) is 18.1 Å². The molecule has 4 heteroatoms. The highest BCUT2D eigenvalue weighted by molar-refractivity contribution is 7.99. The largest absolute Gasteiger partial charge is 0.375 e. The van der Waals surface area contributed by atoms with Crippen LogP contribution in [0.3, 0.4) is 0 Å². The molecule has 18 heavy (non-hydrogen) atoms. The van der Waals surface area contributed by atoms with E-state index in [0.717, 1.165) is 37.4 Å². The molecule has 1 aliphatic heterocycles. The van der Waals surface area contributed by atoms with Crippen molar-refractivity contribution in [1.29, 1.82) is 0 Å². The Morgan fingerprint density at radius 3 is 2.89 bits per heavy atom. The number of aryl methyl sites for hydroxylation is 1. The van der Waals surface area contributed by atoms with E-state index in [1.807, 2.05) is 11.8 Å². The van der Waals surface area contributed by atoms with Gasteiger partial charge < -0.3 is 4.74 Å². The van der Waals surface area contributed by atoms with E-state index in [1.165, 1.54) is 5.56 Å². The maximum atomic E-state index is 5.77. The molecule has 2 atom stereocenters. The lowest BCUT2D eigenvalue weighted by Gasteiger charge is -2.29. The van der Waals surface area contributed by atoms with Gasteiger partial charge in [-0.25, -0.2) is 0 Å². The zero-order valence-electron chi connectivity index (χ0n) is 10.7. The molecule has 0 aromatic heterocycles. The molecule has 0 aliphatic carbocycles. The van der Waals surface area contributed by atoms with Gasteiger partial charge in [-0.2, -0.15) is 11.8 Å². The zero-order valence-corrected chi connectivity index (χ0v) is 11.5. The highest BCUT2D eigenvalue weighted by Crippen LogP contribution is 2.18. The number of nitrogens with one attached hydrogen (secondary N) is 1. The van der Waals surface area contributed by atoms with Gasteiger partial charge in [-0.3, -0.25) is 11.3 Å². The minimum Gasteiger partial charge on any atom is -0.375 e. The van der Waals surface area contributed by atoms with Crippen molar-refractivity contribution in [1.82, 2.24) is 5.43 Å². The monoisotopic (exact) mass is 266 g/mol. The predicted octanol–water partition coefficient (Wildman–Crippen LogP) is 1.97. The quantitative estimate of drug-likeness (QED) is 0.610. The lowest BCUT2D eigenvalue weighted by molar-refractivity contribution is 0.0443. The molecule has 1 saturated heterocycles. The summed E-state index contributed by atoms with van der Waals surface area (Å²) in [5, 5.41) is 0. The second-order valence-corrected chi connectivity index (χ2v) is 5.78. The van der Waals surface area contributed by atoms with Crippen molar-refractivity contribution in [3.05, 3.63) is 35.9 Å². The molecule has 0 saturated carbocycles. The van der Waals surface area contributed by atoms with Gasteiger partial charge in [0.1, 0.15) is 0 Å². The van der Waals surface area contributed by atoms with Gasteiger partial charge in [-0.05, 0) is 24.8 Å². The maximum Gasteiger partial charge on any atom is 0.0832 e. The topological polar surface area (TPSA) is 47.3 Å². The summed E-state index contributed by atoms with van der Waals surface area (Å²) in [5.41, 5.74) is 4.32. The fourth-order valence-corrected chi connectivity index (χ4v) is 3.23.